The third-order valence-corrected chi connectivity index (χ3v) is 5.79. The average molecular weight is 352 g/mol. The van der Waals surface area contributed by atoms with Gasteiger partial charge in [-0.15, -0.1) is 0 Å². The van der Waals surface area contributed by atoms with Gasteiger partial charge in [-0.05, 0) is 38.3 Å². The van der Waals surface area contributed by atoms with Crippen molar-refractivity contribution in [2.75, 3.05) is 19.6 Å². The van der Waals surface area contributed by atoms with Gasteiger partial charge >= 0.3 is 0 Å². The van der Waals surface area contributed by atoms with Crippen LogP contribution >= 0.6 is 0 Å². The van der Waals surface area contributed by atoms with Crippen molar-refractivity contribution in [2.24, 2.45) is 5.41 Å². The summed E-state index contributed by atoms with van der Waals surface area (Å²) in [5.41, 5.74) is 2.56. The molecule has 26 heavy (non-hydrogen) atoms. The van der Waals surface area contributed by atoms with Crippen LogP contribution in [0, 0.1) is 19.3 Å². The lowest BCUT2D eigenvalue weighted by Gasteiger charge is -2.24. The van der Waals surface area contributed by atoms with Crippen LogP contribution in [0.25, 0.3) is 0 Å². The van der Waals surface area contributed by atoms with Gasteiger partial charge in [0.05, 0.1) is 17.2 Å². The number of carbonyl (C=O) groups excluding carboxylic acids is 2. The van der Waals surface area contributed by atoms with Crippen LogP contribution in [0.5, 0.6) is 0 Å². The van der Waals surface area contributed by atoms with Crippen LogP contribution in [-0.4, -0.2) is 41.2 Å². The lowest BCUT2D eigenvalue weighted by molar-refractivity contribution is -0.135. The summed E-state index contributed by atoms with van der Waals surface area (Å²) in [5, 5.41) is 0. The lowest BCUT2D eigenvalue weighted by Crippen LogP contribution is -2.38. The molecule has 2 aliphatic heterocycles. The van der Waals surface area contributed by atoms with Gasteiger partial charge in [-0.2, -0.15) is 0 Å². The minimum atomic E-state index is -0.406. The molecule has 0 saturated carbocycles. The van der Waals surface area contributed by atoms with Crippen LogP contribution in [0.1, 0.15) is 40.1 Å². The Hall–Kier alpha value is -2.56. The Morgan fingerprint density at radius 1 is 1.19 bits per heavy atom. The second-order valence-electron chi connectivity index (χ2n) is 7.61. The second-order valence-corrected chi connectivity index (χ2v) is 7.61. The number of likely N-dealkylation sites (tertiary alicyclic amines) is 2. The highest BCUT2D eigenvalue weighted by Crippen LogP contribution is 2.41. The van der Waals surface area contributed by atoms with Crippen LogP contribution in [0.2, 0.25) is 0 Å². The molecule has 0 N–H and O–H groups in total. The SMILES string of the molecule is Cc1cccc(CN2CCC3(CCN(C(=O)c4ccoc4C)C3)C2=O)c1. The monoisotopic (exact) mass is 352 g/mol. The van der Waals surface area contributed by atoms with E-state index in [4.69, 9.17) is 4.42 Å². The van der Waals surface area contributed by atoms with E-state index in [-0.39, 0.29) is 11.8 Å². The predicted molar refractivity (Wildman–Crippen MR) is 97.6 cm³/mol. The first-order chi connectivity index (χ1) is 12.5. The van der Waals surface area contributed by atoms with Gasteiger partial charge in [-0.3, -0.25) is 9.59 Å². The third-order valence-electron chi connectivity index (χ3n) is 5.79. The zero-order valence-corrected chi connectivity index (χ0v) is 15.3. The number of nitrogens with zero attached hydrogens (tertiary/aromatic N) is 2. The second kappa shape index (κ2) is 6.31. The van der Waals surface area contributed by atoms with Gasteiger partial charge in [0.15, 0.2) is 0 Å². The van der Waals surface area contributed by atoms with Crippen molar-refractivity contribution in [3.8, 4) is 0 Å². The van der Waals surface area contributed by atoms with Gasteiger partial charge in [0.1, 0.15) is 5.76 Å². The van der Waals surface area contributed by atoms with E-state index in [1.165, 1.54) is 5.56 Å². The number of carbonyl (C=O) groups is 2. The number of aryl methyl sites for hydroxylation is 2. The topological polar surface area (TPSA) is 53.8 Å². The summed E-state index contributed by atoms with van der Waals surface area (Å²) in [5.74, 6) is 0.797. The Morgan fingerprint density at radius 3 is 2.73 bits per heavy atom. The van der Waals surface area contributed by atoms with E-state index >= 15 is 0 Å². The van der Waals surface area contributed by atoms with Gasteiger partial charge in [0.25, 0.3) is 5.91 Å². The van der Waals surface area contributed by atoms with E-state index in [2.05, 4.69) is 25.1 Å². The van der Waals surface area contributed by atoms with E-state index in [0.717, 1.165) is 24.9 Å². The minimum Gasteiger partial charge on any atom is -0.469 e. The molecule has 1 atom stereocenters. The summed E-state index contributed by atoms with van der Waals surface area (Å²) in [7, 11) is 0. The standard InChI is InChI=1S/C21H24N2O3/c1-15-4-3-5-17(12-15)13-22-9-7-21(20(22)25)8-10-23(14-21)19(24)18-6-11-26-16(18)2/h3-6,11-12H,7-10,13-14H2,1-2H3. The fraction of sp³-hybridized carbons (Fsp3) is 0.429. The maximum absolute atomic E-state index is 13.1. The largest absolute Gasteiger partial charge is 0.469 e. The first-order valence-corrected chi connectivity index (χ1v) is 9.17. The van der Waals surface area contributed by atoms with E-state index < -0.39 is 5.41 Å². The van der Waals surface area contributed by atoms with E-state index in [1.54, 1.807) is 19.3 Å². The van der Waals surface area contributed by atoms with Crippen LogP contribution in [0.3, 0.4) is 0 Å². The average Bonchev–Trinajstić information content (AvgIpc) is 3.31. The summed E-state index contributed by atoms with van der Waals surface area (Å²) in [4.78, 5) is 29.6. The molecule has 3 heterocycles. The Bertz CT molecular complexity index is 856. The van der Waals surface area contributed by atoms with Gasteiger partial charge in [0, 0.05) is 26.2 Å². The van der Waals surface area contributed by atoms with Gasteiger partial charge < -0.3 is 14.2 Å². The molecule has 2 amide bonds. The van der Waals surface area contributed by atoms with Crippen LogP contribution < -0.4 is 0 Å². The molecule has 0 bridgehead atoms. The molecule has 1 aromatic carbocycles. The molecule has 5 heteroatoms. The Balaban J connectivity index is 1.46. The van der Waals surface area contributed by atoms with E-state index in [9.17, 15) is 9.59 Å². The van der Waals surface area contributed by atoms with Crippen molar-refractivity contribution in [1.82, 2.24) is 9.80 Å². The molecule has 2 aliphatic rings. The highest BCUT2D eigenvalue weighted by atomic mass is 16.3. The molecule has 1 spiro atoms. The maximum Gasteiger partial charge on any atom is 0.257 e. The fourth-order valence-corrected chi connectivity index (χ4v) is 4.28. The first kappa shape index (κ1) is 16.9. The molecule has 1 unspecified atom stereocenters. The molecule has 4 rings (SSSR count). The molecule has 136 valence electrons. The van der Waals surface area contributed by atoms with Crippen LogP contribution in [-0.2, 0) is 11.3 Å². The zero-order chi connectivity index (χ0) is 18.3. The summed E-state index contributed by atoms with van der Waals surface area (Å²) in [6, 6.07) is 10.0. The molecule has 2 fully saturated rings. The van der Waals surface area contributed by atoms with Crippen LogP contribution in [0.4, 0.5) is 0 Å². The Labute approximate surface area is 153 Å². The van der Waals surface area contributed by atoms with Crippen molar-refractivity contribution in [2.45, 2.75) is 33.2 Å². The normalized spacial score (nSPS) is 22.6. The number of hydrogen-bond acceptors (Lipinski definition) is 3. The van der Waals surface area contributed by atoms with Crippen LogP contribution in [0.15, 0.2) is 41.0 Å². The highest BCUT2D eigenvalue weighted by Gasteiger charge is 2.51. The summed E-state index contributed by atoms with van der Waals surface area (Å²) >= 11 is 0. The number of benzene rings is 1. The molecular weight excluding hydrogens is 328 g/mol. The van der Waals surface area contributed by atoms with Gasteiger partial charge in [-0.25, -0.2) is 0 Å². The summed E-state index contributed by atoms with van der Waals surface area (Å²) in [6.07, 6.45) is 3.11. The fourth-order valence-electron chi connectivity index (χ4n) is 4.28. The predicted octanol–water partition coefficient (Wildman–Crippen LogP) is 3.16. The summed E-state index contributed by atoms with van der Waals surface area (Å²) in [6.45, 7) is 6.42. The first-order valence-electron chi connectivity index (χ1n) is 9.17. The Morgan fingerprint density at radius 2 is 2.00 bits per heavy atom. The van der Waals surface area contributed by atoms with E-state index in [0.29, 0.717) is 31.0 Å². The smallest absolute Gasteiger partial charge is 0.257 e. The van der Waals surface area contributed by atoms with Crippen molar-refractivity contribution in [1.29, 1.82) is 0 Å². The molecular formula is C21H24N2O3. The molecule has 2 saturated heterocycles. The quantitative estimate of drug-likeness (QED) is 0.853. The highest BCUT2D eigenvalue weighted by molar-refractivity contribution is 5.96. The molecule has 2 aromatic rings. The minimum absolute atomic E-state index is 0.0296. The number of hydrogen-bond donors (Lipinski definition) is 0. The Kier molecular flexibility index (Phi) is 4.10. The lowest BCUT2D eigenvalue weighted by atomic mass is 9.85. The van der Waals surface area contributed by atoms with Crippen molar-refractivity contribution < 1.29 is 14.0 Å². The zero-order valence-electron chi connectivity index (χ0n) is 15.3. The van der Waals surface area contributed by atoms with Gasteiger partial charge in [0.2, 0.25) is 5.91 Å². The summed E-state index contributed by atoms with van der Waals surface area (Å²) < 4.78 is 5.25. The van der Waals surface area contributed by atoms with Crippen molar-refractivity contribution in [3.05, 3.63) is 59.0 Å². The van der Waals surface area contributed by atoms with Crippen molar-refractivity contribution >= 4 is 11.8 Å². The molecule has 0 aliphatic carbocycles. The van der Waals surface area contributed by atoms with Crippen molar-refractivity contribution in [3.63, 3.8) is 0 Å². The van der Waals surface area contributed by atoms with Gasteiger partial charge in [-0.1, -0.05) is 29.8 Å². The molecule has 0 radical (unpaired) electrons. The number of amides is 2. The number of furan rings is 1. The van der Waals surface area contributed by atoms with E-state index in [1.807, 2.05) is 15.9 Å². The molecule has 1 aromatic heterocycles. The third kappa shape index (κ3) is 2.81. The molecule has 5 nitrogen and oxygen atoms in total. The number of rotatable bonds is 3. The maximum atomic E-state index is 13.1.